The third-order valence-electron chi connectivity index (χ3n) is 4.32. The summed E-state index contributed by atoms with van der Waals surface area (Å²) in [6.07, 6.45) is 2.71. The van der Waals surface area contributed by atoms with Gasteiger partial charge in [0.25, 0.3) is 0 Å². The number of hydrogen-bond donors (Lipinski definition) is 1. The third-order valence-corrected chi connectivity index (χ3v) is 4.32. The van der Waals surface area contributed by atoms with Crippen LogP contribution in [-0.2, 0) is 0 Å². The fourth-order valence-electron chi connectivity index (χ4n) is 2.82. The zero-order valence-electron chi connectivity index (χ0n) is 11.2. The number of rotatable bonds is 4. The lowest BCUT2D eigenvalue weighted by molar-refractivity contribution is -0.0140. The van der Waals surface area contributed by atoms with Gasteiger partial charge in [0, 0.05) is 5.54 Å². The van der Waals surface area contributed by atoms with E-state index in [9.17, 15) is 9.50 Å². The van der Waals surface area contributed by atoms with Crippen molar-refractivity contribution in [2.75, 3.05) is 13.1 Å². The third kappa shape index (κ3) is 2.43. The average molecular weight is 251 g/mol. The molecule has 2 atom stereocenters. The Hall–Kier alpha value is -0.930. The Morgan fingerprint density at radius 1 is 1.28 bits per heavy atom. The number of benzene rings is 1. The largest absolute Gasteiger partial charge is 0.386 e. The van der Waals surface area contributed by atoms with E-state index < -0.39 is 6.10 Å². The van der Waals surface area contributed by atoms with Crippen molar-refractivity contribution in [1.29, 1.82) is 0 Å². The quantitative estimate of drug-likeness (QED) is 0.888. The monoisotopic (exact) mass is 251 g/mol. The van der Waals surface area contributed by atoms with E-state index in [0.29, 0.717) is 0 Å². The molecule has 100 valence electrons. The first-order valence-electron chi connectivity index (χ1n) is 6.76. The summed E-state index contributed by atoms with van der Waals surface area (Å²) >= 11 is 0. The molecule has 3 heteroatoms. The van der Waals surface area contributed by atoms with E-state index in [1.165, 1.54) is 25.0 Å². The van der Waals surface area contributed by atoms with Crippen LogP contribution in [0.25, 0.3) is 0 Å². The SMILES string of the molecule is CCC(C)(C(O)c1ccc(F)cc1)N1CCCC1. The highest BCUT2D eigenvalue weighted by Crippen LogP contribution is 2.36. The van der Waals surface area contributed by atoms with E-state index in [1.54, 1.807) is 12.1 Å². The number of aliphatic hydroxyl groups excluding tert-OH is 1. The van der Waals surface area contributed by atoms with Gasteiger partial charge < -0.3 is 5.11 Å². The molecule has 0 aromatic heterocycles. The molecule has 1 heterocycles. The summed E-state index contributed by atoms with van der Waals surface area (Å²) in [6.45, 7) is 6.29. The second-order valence-electron chi connectivity index (χ2n) is 5.36. The lowest BCUT2D eigenvalue weighted by Gasteiger charge is -2.42. The zero-order chi connectivity index (χ0) is 13.2. The van der Waals surface area contributed by atoms with Gasteiger partial charge in [-0.25, -0.2) is 4.39 Å². The highest BCUT2D eigenvalue weighted by Gasteiger charge is 2.39. The first-order chi connectivity index (χ1) is 8.58. The molecular weight excluding hydrogens is 229 g/mol. The van der Waals surface area contributed by atoms with Crippen molar-refractivity contribution in [1.82, 2.24) is 4.90 Å². The molecule has 0 bridgehead atoms. The maximum Gasteiger partial charge on any atom is 0.123 e. The Morgan fingerprint density at radius 3 is 2.33 bits per heavy atom. The molecule has 1 aromatic rings. The van der Waals surface area contributed by atoms with Gasteiger partial charge in [0.1, 0.15) is 5.82 Å². The summed E-state index contributed by atoms with van der Waals surface area (Å²) in [7, 11) is 0. The van der Waals surface area contributed by atoms with Crippen LogP contribution in [0.3, 0.4) is 0 Å². The van der Waals surface area contributed by atoms with Crippen molar-refractivity contribution < 1.29 is 9.50 Å². The first kappa shape index (κ1) is 13.5. The lowest BCUT2D eigenvalue weighted by atomic mass is 9.85. The predicted molar refractivity (Wildman–Crippen MR) is 70.9 cm³/mol. The van der Waals surface area contributed by atoms with Crippen molar-refractivity contribution in [2.45, 2.75) is 44.8 Å². The molecule has 2 rings (SSSR count). The van der Waals surface area contributed by atoms with E-state index in [1.807, 2.05) is 0 Å². The molecule has 1 aromatic carbocycles. The van der Waals surface area contributed by atoms with Gasteiger partial charge in [0.15, 0.2) is 0 Å². The van der Waals surface area contributed by atoms with Crippen molar-refractivity contribution in [3.8, 4) is 0 Å². The molecule has 0 radical (unpaired) electrons. The van der Waals surface area contributed by atoms with Crippen molar-refractivity contribution in [2.24, 2.45) is 0 Å². The number of nitrogens with zero attached hydrogens (tertiary/aromatic N) is 1. The summed E-state index contributed by atoms with van der Waals surface area (Å²) in [6, 6.07) is 6.20. The van der Waals surface area contributed by atoms with Gasteiger partial charge in [0.2, 0.25) is 0 Å². The molecule has 2 unspecified atom stereocenters. The van der Waals surface area contributed by atoms with E-state index in [4.69, 9.17) is 0 Å². The fraction of sp³-hybridized carbons (Fsp3) is 0.600. The summed E-state index contributed by atoms with van der Waals surface area (Å²) in [5.41, 5.74) is 0.543. The Morgan fingerprint density at radius 2 is 1.83 bits per heavy atom. The molecule has 1 aliphatic rings. The molecule has 2 nitrogen and oxygen atoms in total. The van der Waals surface area contributed by atoms with Gasteiger partial charge in [-0.05, 0) is 57.0 Å². The smallest absolute Gasteiger partial charge is 0.123 e. The number of halogens is 1. The van der Waals surface area contributed by atoms with Gasteiger partial charge >= 0.3 is 0 Å². The van der Waals surface area contributed by atoms with Crippen LogP contribution >= 0.6 is 0 Å². The molecule has 1 aliphatic heterocycles. The standard InChI is InChI=1S/C15H22FNO/c1-3-15(2,17-10-4-5-11-17)14(18)12-6-8-13(16)9-7-12/h6-9,14,18H,3-5,10-11H2,1-2H3. The molecule has 1 fully saturated rings. The van der Waals surface area contributed by atoms with Gasteiger partial charge in [-0.15, -0.1) is 0 Å². The van der Waals surface area contributed by atoms with E-state index in [-0.39, 0.29) is 11.4 Å². The Bertz CT molecular complexity index is 386. The summed E-state index contributed by atoms with van der Waals surface area (Å²) in [5.74, 6) is -0.259. The maximum atomic E-state index is 12.9. The molecule has 1 N–H and O–H groups in total. The van der Waals surface area contributed by atoms with E-state index in [0.717, 1.165) is 25.1 Å². The minimum atomic E-state index is -0.568. The van der Waals surface area contributed by atoms with Crippen LogP contribution in [0.4, 0.5) is 4.39 Å². The highest BCUT2D eigenvalue weighted by atomic mass is 19.1. The normalized spacial score (nSPS) is 21.8. The second kappa shape index (κ2) is 5.37. The molecule has 0 amide bonds. The van der Waals surface area contributed by atoms with E-state index >= 15 is 0 Å². The van der Waals surface area contributed by atoms with Crippen molar-refractivity contribution in [3.05, 3.63) is 35.6 Å². The zero-order valence-corrected chi connectivity index (χ0v) is 11.2. The Kier molecular flexibility index (Phi) is 4.03. The van der Waals surface area contributed by atoms with Crippen LogP contribution in [0, 0.1) is 5.82 Å². The van der Waals surface area contributed by atoms with Crippen LogP contribution in [0.15, 0.2) is 24.3 Å². The molecule has 18 heavy (non-hydrogen) atoms. The molecule has 1 saturated heterocycles. The maximum absolute atomic E-state index is 12.9. The van der Waals surface area contributed by atoms with Gasteiger partial charge in [-0.3, -0.25) is 4.90 Å². The van der Waals surface area contributed by atoms with E-state index in [2.05, 4.69) is 18.7 Å². The average Bonchev–Trinajstić information content (AvgIpc) is 2.92. The van der Waals surface area contributed by atoms with Crippen molar-refractivity contribution >= 4 is 0 Å². The molecule has 0 aliphatic carbocycles. The van der Waals surface area contributed by atoms with Crippen LogP contribution in [0.2, 0.25) is 0 Å². The van der Waals surface area contributed by atoms with Gasteiger partial charge in [-0.2, -0.15) is 0 Å². The topological polar surface area (TPSA) is 23.5 Å². The fourth-order valence-corrected chi connectivity index (χ4v) is 2.82. The van der Waals surface area contributed by atoms with Crippen LogP contribution in [0.1, 0.15) is 44.8 Å². The van der Waals surface area contributed by atoms with Crippen LogP contribution in [-0.4, -0.2) is 28.6 Å². The number of likely N-dealkylation sites (tertiary alicyclic amines) is 1. The lowest BCUT2D eigenvalue weighted by Crippen LogP contribution is -2.48. The minimum absolute atomic E-state index is 0.256. The van der Waals surface area contributed by atoms with Crippen LogP contribution < -0.4 is 0 Å². The molecule has 0 saturated carbocycles. The van der Waals surface area contributed by atoms with Gasteiger partial charge in [-0.1, -0.05) is 19.1 Å². The summed E-state index contributed by atoms with van der Waals surface area (Å²) in [5, 5.41) is 10.6. The molecular formula is C15H22FNO. The minimum Gasteiger partial charge on any atom is -0.386 e. The van der Waals surface area contributed by atoms with Crippen molar-refractivity contribution in [3.63, 3.8) is 0 Å². The van der Waals surface area contributed by atoms with Crippen LogP contribution in [0.5, 0.6) is 0 Å². The summed E-state index contributed by atoms with van der Waals surface area (Å²) in [4.78, 5) is 2.36. The highest BCUT2D eigenvalue weighted by molar-refractivity contribution is 5.22. The Labute approximate surface area is 108 Å². The molecule has 0 spiro atoms. The second-order valence-corrected chi connectivity index (χ2v) is 5.36. The number of aliphatic hydroxyl groups is 1. The Balaban J connectivity index is 2.23. The number of hydrogen-bond acceptors (Lipinski definition) is 2. The summed E-state index contributed by atoms with van der Waals surface area (Å²) < 4.78 is 12.9. The predicted octanol–water partition coefficient (Wildman–Crippen LogP) is 3.12. The first-order valence-corrected chi connectivity index (χ1v) is 6.76. The van der Waals surface area contributed by atoms with Gasteiger partial charge in [0.05, 0.1) is 6.10 Å².